The van der Waals surface area contributed by atoms with Crippen molar-refractivity contribution in [2.45, 2.75) is 52.4 Å². The average Bonchev–Trinajstić information content (AvgIpc) is 2.77. The predicted octanol–water partition coefficient (Wildman–Crippen LogP) is 4.01. The highest BCUT2D eigenvalue weighted by Gasteiger charge is 2.51. The molecule has 0 aliphatic carbocycles. The average molecular weight is 342 g/mol. The molecule has 0 radical (unpaired) electrons. The maximum Gasteiger partial charge on any atom is 0.494 e. The molecule has 1 heterocycles. The van der Waals surface area contributed by atoms with E-state index in [9.17, 15) is 4.39 Å². The molecule has 1 fully saturated rings. The Hall–Kier alpha value is -1.85. The van der Waals surface area contributed by atoms with Crippen molar-refractivity contribution in [1.82, 2.24) is 0 Å². The van der Waals surface area contributed by atoms with Gasteiger partial charge in [0.25, 0.3) is 0 Å². The quantitative estimate of drug-likeness (QED) is 0.786. The molecule has 0 N–H and O–H groups in total. The van der Waals surface area contributed by atoms with Crippen molar-refractivity contribution in [3.63, 3.8) is 0 Å². The minimum Gasteiger partial charge on any atom is -0.489 e. The molecule has 0 aromatic heterocycles. The molecule has 5 heteroatoms. The van der Waals surface area contributed by atoms with Gasteiger partial charge in [0.15, 0.2) is 0 Å². The van der Waals surface area contributed by atoms with Gasteiger partial charge in [-0.2, -0.15) is 0 Å². The molecule has 1 aliphatic rings. The van der Waals surface area contributed by atoms with Crippen LogP contribution in [0, 0.1) is 12.7 Å². The first-order valence-corrected chi connectivity index (χ1v) is 8.51. The highest BCUT2D eigenvalue weighted by molar-refractivity contribution is 6.62. The van der Waals surface area contributed by atoms with E-state index in [1.807, 2.05) is 58.9 Å². The van der Waals surface area contributed by atoms with Crippen LogP contribution < -0.4 is 10.2 Å². The Morgan fingerprint density at radius 1 is 0.960 bits per heavy atom. The van der Waals surface area contributed by atoms with Crippen molar-refractivity contribution in [3.05, 3.63) is 59.4 Å². The van der Waals surface area contributed by atoms with Gasteiger partial charge in [0.05, 0.1) is 11.2 Å². The number of benzene rings is 2. The first-order valence-electron chi connectivity index (χ1n) is 8.51. The molecular formula is C20H24BFO3. The third-order valence-corrected chi connectivity index (χ3v) is 5.11. The Kier molecular flexibility index (Phi) is 4.65. The monoisotopic (exact) mass is 342 g/mol. The molecule has 0 atom stereocenters. The zero-order valence-corrected chi connectivity index (χ0v) is 15.4. The molecule has 0 saturated carbocycles. The summed E-state index contributed by atoms with van der Waals surface area (Å²) in [5.74, 6) is 0.476. The largest absolute Gasteiger partial charge is 0.494 e. The fraction of sp³-hybridized carbons (Fsp3) is 0.400. The second-order valence-electron chi connectivity index (χ2n) is 7.52. The summed E-state index contributed by atoms with van der Waals surface area (Å²) in [6.07, 6.45) is 0. The van der Waals surface area contributed by atoms with Crippen LogP contribution in [0.4, 0.5) is 4.39 Å². The van der Waals surface area contributed by atoms with E-state index >= 15 is 0 Å². The lowest BCUT2D eigenvalue weighted by molar-refractivity contribution is 0.00578. The van der Waals surface area contributed by atoms with Gasteiger partial charge in [-0.1, -0.05) is 18.2 Å². The Bertz CT molecular complexity index is 740. The number of halogens is 1. The summed E-state index contributed by atoms with van der Waals surface area (Å²) in [5.41, 5.74) is 2.09. The molecule has 2 aromatic carbocycles. The fourth-order valence-corrected chi connectivity index (χ4v) is 2.66. The molecule has 2 aromatic rings. The van der Waals surface area contributed by atoms with Gasteiger partial charge in [0.2, 0.25) is 0 Å². The van der Waals surface area contributed by atoms with Crippen molar-refractivity contribution < 1.29 is 18.4 Å². The number of rotatable bonds is 4. The van der Waals surface area contributed by atoms with Crippen LogP contribution in [0.5, 0.6) is 5.75 Å². The molecule has 1 saturated heterocycles. The highest BCUT2D eigenvalue weighted by Crippen LogP contribution is 2.36. The van der Waals surface area contributed by atoms with Crippen LogP contribution in [-0.2, 0) is 15.9 Å². The molecule has 132 valence electrons. The highest BCUT2D eigenvalue weighted by atomic mass is 19.1. The maximum atomic E-state index is 13.3. The van der Waals surface area contributed by atoms with Crippen LogP contribution >= 0.6 is 0 Å². The molecule has 0 amide bonds. The maximum absolute atomic E-state index is 13.3. The van der Waals surface area contributed by atoms with Crippen molar-refractivity contribution >= 4 is 12.6 Å². The van der Waals surface area contributed by atoms with Gasteiger partial charge < -0.3 is 14.0 Å². The van der Waals surface area contributed by atoms with Gasteiger partial charge in [-0.25, -0.2) is 4.39 Å². The topological polar surface area (TPSA) is 27.7 Å². The second kappa shape index (κ2) is 6.47. The van der Waals surface area contributed by atoms with E-state index in [0.717, 1.165) is 22.3 Å². The predicted molar refractivity (Wildman–Crippen MR) is 97.6 cm³/mol. The zero-order chi connectivity index (χ0) is 18.2. The van der Waals surface area contributed by atoms with E-state index in [1.165, 1.54) is 12.1 Å². The summed E-state index contributed by atoms with van der Waals surface area (Å²) in [6.45, 7) is 10.4. The Morgan fingerprint density at radius 2 is 1.56 bits per heavy atom. The second-order valence-corrected chi connectivity index (χ2v) is 7.52. The van der Waals surface area contributed by atoms with E-state index in [1.54, 1.807) is 6.07 Å². The van der Waals surface area contributed by atoms with E-state index in [2.05, 4.69) is 0 Å². The van der Waals surface area contributed by atoms with Crippen molar-refractivity contribution in [2.75, 3.05) is 0 Å². The van der Waals surface area contributed by atoms with Crippen LogP contribution in [0.2, 0.25) is 0 Å². The standard InChI is InChI=1S/C20H24BFO3/c1-14-6-9-17(22)12-15(14)13-23-18-10-7-16(8-11-18)21-24-19(2,3)20(4,5)25-21/h6-12H,13H2,1-5H3. The van der Waals surface area contributed by atoms with Gasteiger partial charge in [-0.3, -0.25) is 0 Å². The first kappa shape index (κ1) is 18.0. The minimum atomic E-state index is -0.385. The summed E-state index contributed by atoms with van der Waals surface area (Å²) >= 11 is 0. The van der Waals surface area contributed by atoms with Crippen LogP contribution in [0.25, 0.3) is 0 Å². The van der Waals surface area contributed by atoms with Crippen LogP contribution in [0.15, 0.2) is 42.5 Å². The van der Waals surface area contributed by atoms with Crippen LogP contribution in [0.1, 0.15) is 38.8 Å². The van der Waals surface area contributed by atoms with Crippen molar-refractivity contribution in [2.24, 2.45) is 0 Å². The normalized spacial score (nSPS) is 18.4. The Morgan fingerprint density at radius 3 is 2.16 bits per heavy atom. The molecule has 0 spiro atoms. The molecular weight excluding hydrogens is 318 g/mol. The lowest BCUT2D eigenvalue weighted by Crippen LogP contribution is -2.41. The summed E-state index contributed by atoms with van der Waals surface area (Å²) in [5, 5.41) is 0. The Labute approximate surface area is 149 Å². The van der Waals surface area contributed by atoms with Crippen LogP contribution in [-0.4, -0.2) is 18.3 Å². The Balaban J connectivity index is 1.66. The fourth-order valence-electron chi connectivity index (χ4n) is 2.66. The summed E-state index contributed by atoms with van der Waals surface area (Å²) in [7, 11) is -0.385. The van der Waals surface area contributed by atoms with Gasteiger partial charge in [0.1, 0.15) is 18.2 Å². The zero-order valence-electron chi connectivity index (χ0n) is 15.4. The summed E-state index contributed by atoms with van der Waals surface area (Å²) in [6, 6.07) is 12.4. The number of hydrogen-bond donors (Lipinski definition) is 0. The van der Waals surface area contributed by atoms with Gasteiger partial charge in [-0.15, -0.1) is 0 Å². The lowest BCUT2D eigenvalue weighted by Gasteiger charge is -2.32. The molecule has 3 rings (SSSR count). The molecule has 1 aliphatic heterocycles. The molecule has 0 unspecified atom stereocenters. The van der Waals surface area contributed by atoms with Crippen LogP contribution in [0.3, 0.4) is 0 Å². The van der Waals surface area contributed by atoms with Crippen molar-refractivity contribution in [1.29, 1.82) is 0 Å². The van der Waals surface area contributed by atoms with E-state index in [0.29, 0.717) is 6.61 Å². The minimum absolute atomic E-state index is 0.250. The lowest BCUT2D eigenvalue weighted by atomic mass is 9.79. The number of ether oxygens (including phenoxy) is 1. The van der Waals surface area contributed by atoms with Gasteiger partial charge in [-0.05, 0) is 75.5 Å². The SMILES string of the molecule is Cc1ccc(F)cc1COc1ccc(B2OC(C)(C)C(C)(C)O2)cc1. The van der Waals surface area contributed by atoms with Gasteiger partial charge >= 0.3 is 7.12 Å². The van der Waals surface area contributed by atoms with Gasteiger partial charge in [0, 0.05) is 0 Å². The van der Waals surface area contributed by atoms with E-state index in [4.69, 9.17) is 14.0 Å². The third-order valence-electron chi connectivity index (χ3n) is 5.11. The van der Waals surface area contributed by atoms with Crippen molar-refractivity contribution in [3.8, 4) is 5.75 Å². The summed E-state index contributed by atoms with van der Waals surface area (Å²) in [4.78, 5) is 0. The molecule has 3 nitrogen and oxygen atoms in total. The molecule has 0 bridgehead atoms. The third kappa shape index (κ3) is 3.72. The molecule has 25 heavy (non-hydrogen) atoms. The number of aryl methyl sites for hydroxylation is 1. The van der Waals surface area contributed by atoms with E-state index in [-0.39, 0.29) is 24.1 Å². The smallest absolute Gasteiger partial charge is 0.489 e. The number of hydrogen-bond acceptors (Lipinski definition) is 3. The van der Waals surface area contributed by atoms with E-state index < -0.39 is 0 Å². The first-order chi connectivity index (χ1) is 11.7. The summed E-state index contributed by atoms with van der Waals surface area (Å²) < 4.78 is 31.2.